The largest absolute Gasteiger partial charge is 0.454 e. The van der Waals surface area contributed by atoms with E-state index in [0.717, 1.165) is 5.56 Å². The van der Waals surface area contributed by atoms with Crippen LogP contribution in [0.5, 0.6) is 0 Å². The van der Waals surface area contributed by atoms with E-state index in [1.54, 1.807) is 24.3 Å². The van der Waals surface area contributed by atoms with Crippen molar-refractivity contribution >= 4 is 33.2 Å². The van der Waals surface area contributed by atoms with Crippen molar-refractivity contribution in [2.45, 2.75) is 31.3 Å². The fourth-order valence-corrected chi connectivity index (χ4v) is 3.59. The zero-order valence-electron chi connectivity index (χ0n) is 14.4. The summed E-state index contributed by atoms with van der Waals surface area (Å²) in [6.45, 7) is 3.37. The average Bonchev–Trinajstić information content (AvgIpc) is 2.60. The smallest absolute Gasteiger partial charge is 0.307 e. The summed E-state index contributed by atoms with van der Waals surface area (Å²) in [7, 11) is -3.63. The zero-order chi connectivity index (χ0) is 19.3. The number of ether oxygens (including phenoxy) is 1. The van der Waals surface area contributed by atoms with Crippen LogP contribution in [0.1, 0.15) is 29.3 Å². The first-order chi connectivity index (χ1) is 12.2. The van der Waals surface area contributed by atoms with Crippen molar-refractivity contribution in [2.24, 2.45) is 0 Å². The second-order valence-electron chi connectivity index (χ2n) is 5.89. The van der Waals surface area contributed by atoms with Crippen molar-refractivity contribution in [2.75, 3.05) is 5.75 Å². The van der Waals surface area contributed by atoms with Crippen LogP contribution in [0.2, 0.25) is 5.02 Å². The van der Waals surface area contributed by atoms with Crippen LogP contribution in [0.15, 0.2) is 53.4 Å². The van der Waals surface area contributed by atoms with E-state index in [9.17, 15) is 18.0 Å². The number of esters is 1. The molecule has 2 aromatic rings. The molecule has 0 aromatic heterocycles. The summed E-state index contributed by atoms with van der Waals surface area (Å²) in [5.74, 6) is -1.48. The third-order valence-corrected chi connectivity index (χ3v) is 5.75. The zero-order valence-corrected chi connectivity index (χ0v) is 16.0. The molecule has 138 valence electrons. The lowest BCUT2D eigenvalue weighted by Crippen LogP contribution is -2.25. The first kappa shape index (κ1) is 20.1. The van der Waals surface area contributed by atoms with Crippen LogP contribution < -0.4 is 0 Å². The molecule has 0 radical (unpaired) electrons. The highest BCUT2D eigenvalue weighted by Gasteiger charge is 2.22. The van der Waals surface area contributed by atoms with Gasteiger partial charge in [-0.15, -0.1) is 0 Å². The number of rotatable bonds is 7. The number of carbonyl (C=O) groups is 2. The lowest BCUT2D eigenvalue weighted by molar-refractivity contribution is -0.145. The van der Waals surface area contributed by atoms with Gasteiger partial charge in [-0.05, 0) is 38.1 Å². The Bertz CT molecular complexity index is 887. The number of halogens is 1. The molecule has 0 bridgehead atoms. The SMILES string of the molecule is Cc1ccc(C(=O)[C@@H](C)OC(=O)CCS(=O)(=O)c2ccc(Cl)cc2)cc1. The number of Topliss-reactive ketones (excluding diaryl/α,β-unsaturated/α-hetero) is 1. The Kier molecular flexibility index (Phi) is 6.56. The Labute approximate surface area is 157 Å². The topological polar surface area (TPSA) is 77.5 Å². The molecule has 5 nitrogen and oxygen atoms in total. The molecule has 0 aliphatic heterocycles. The summed E-state index contributed by atoms with van der Waals surface area (Å²) in [5.41, 5.74) is 1.45. The van der Waals surface area contributed by atoms with Crippen molar-refractivity contribution in [3.63, 3.8) is 0 Å². The summed E-state index contributed by atoms with van der Waals surface area (Å²) < 4.78 is 29.5. The van der Waals surface area contributed by atoms with Gasteiger partial charge in [-0.2, -0.15) is 0 Å². The van der Waals surface area contributed by atoms with Gasteiger partial charge in [0.05, 0.1) is 17.1 Å². The molecule has 0 saturated carbocycles. The Hall–Kier alpha value is -2.18. The second kappa shape index (κ2) is 8.47. The highest BCUT2D eigenvalue weighted by Crippen LogP contribution is 2.16. The molecule has 26 heavy (non-hydrogen) atoms. The summed E-state index contributed by atoms with van der Waals surface area (Å²) >= 11 is 5.73. The molecule has 0 amide bonds. The van der Waals surface area contributed by atoms with Crippen molar-refractivity contribution in [1.82, 2.24) is 0 Å². The highest BCUT2D eigenvalue weighted by atomic mass is 35.5. The van der Waals surface area contributed by atoms with E-state index in [1.165, 1.54) is 31.2 Å². The van der Waals surface area contributed by atoms with E-state index in [2.05, 4.69) is 0 Å². The fourth-order valence-electron chi connectivity index (χ4n) is 2.24. The van der Waals surface area contributed by atoms with Gasteiger partial charge in [-0.3, -0.25) is 9.59 Å². The van der Waals surface area contributed by atoms with Crippen molar-refractivity contribution < 1.29 is 22.7 Å². The maximum Gasteiger partial charge on any atom is 0.307 e. The van der Waals surface area contributed by atoms with Crippen molar-refractivity contribution in [3.8, 4) is 0 Å². The minimum Gasteiger partial charge on any atom is -0.454 e. The van der Waals surface area contributed by atoms with Crippen molar-refractivity contribution in [3.05, 3.63) is 64.7 Å². The quantitative estimate of drug-likeness (QED) is 0.529. The molecule has 0 N–H and O–H groups in total. The Morgan fingerprint density at radius 2 is 1.62 bits per heavy atom. The number of aryl methyl sites for hydroxylation is 1. The van der Waals surface area contributed by atoms with Crippen LogP contribution in [0.4, 0.5) is 0 Å². The molecule has 2 aromatic carbocycles. The highest BCUT2D eigenvalue weighted by molar-refractivity contribution is 7.91. The third kappa shape index (κ3) is 5.41. The predicted molar refractivity (Wildman–Crippen MR) is 99.2 cm³/mol. The molecule has 7 heteroatoms. The lowest BCUT2D eigenvalue weighted by Gasteiger charge is -2.12. The molecule has 0 fully saturated rings. The number of carbonyl (C=O) groups excluding carboxylic acids is 2. The first-order valence-electron chi connectivity index (χ1n) is 7.98. The number of ketones is 1. The normalized spacial score (nSPS) is 12.4. The summed E-state index contributed by atoms with van der Waals surface area (Å²) in [6, 6.07) is 12.6. The molecule has 1 atom stereocenters. The van der Waals surface area contributed by atoms with E-state index in [0.29, 0.717) is 10.6 Å². The van der Waals surface area contributed by atoms with Crippen LogP contribution in [0, 0.1) is 6.92 Å². The van der Waals surface area contributed by atoms with Crippen LogP contribution in [-0.4, -0.2) is 32.0 Å². The average molecular weight is 395 g/mol. The molecule has 0 unspecified atom stereocenters. The molecule has 2 rings (SSSR count). The molecular weight excluding hydrogens is 376 g/mol. The molecule has 0 spiro atoms. The van der Waals surface area contributed by atoms with Gasteiger partial charge in [0.15, 0.2) is 15.9 Å². The monoisotopic (exact) mass is 394 g/mol. The molecule has 0 aliphatic rings. The van der Waals surface area contributed by atoms with Gasteiger partial charge in [0.1, 0.15) is 0 Å². The minimum atomic E-state index is -3.63. The number of sulfone groups is 1. The van der Waals surface area contributed by atoms with Crippen molar-refractivity contribution in [1.29, 1.82) is 0 Å². The van der Waals surface area contributed by atoms with Gasteiger partial charge in [0, 0.05) is 10.6 Å². The number of hydrogen-bond donors (Lipinski definition) is 0. The maximum absolute atomic E-state index is 12.2. The second-order valence-corrected chi connectivity index (χ2v) is 8.43. The molecule has 0 aliphatic carbocycles. The molecular formula is C19H19ClO5S. The summed E-state index contributed by atoms with van der Waals surface area (Å²) in [4.78, 5) is 24.2. The van der Waals surface area contributed by atoms with E-state index in [-0.39, 0.29) is 17.1 Å². The van der Waals surface area contributed by atoms with E-state index < -0.39 is 27.7 Å². The Morgan fingerprint density at radius 3 is 2.19 bits per heavy atom. The molecule has 0 heterocycles. The van der Waals surface area contributed by atoms with Gasteiger partial charge >= 0.3 is 5.97 Å². The van der Waals surface area contributed by atoms with Crippen LogP contribution >= 0.6 is 11.6 Å². The lowest BCUT2D eigenvalue weighted by atomic mass is 10.1. The van der Waals surface area contributed by atoms with E-state index in [1.807, 2.05) is 6.92 Å². The van der Waals surface area contributed by atoms with Gasteiger partial charge in [-0.1, -0.05) is 41.4 Å². The third-order valence-electron chi connectivity index (χ3n) is 3.76. The van der Waals surface area contributed by atoms with Gasteiger partial charge in [-0.25, -0.2) is 8.42 Å². The standard InChI is InChI=1S/C19H19ClO5S/c1-13-3-5-15(6-4-13)19(22)14(2)25-18(21)11-12-26(23,24)17-9-7-16(20)8-10-17/h3-10,14H,11-12H2,1-2H3/t14-/m1/s1. The van der Waals surface area contributed by atoms with Crippen LogP contribution in [0.3, 0.4) is 0 Å². The van der Waals surface area contributed by atoms with E-state index >= 15 is 0 Å². The molecule has 0 saturated heterocycles. The summed E-state index contributed by atoms with van der Waals surface area (Å²) in [5, 5.41) is 0.423. The Morgan fingerprint density at radius 1 is 1.04 bits per heavy atom. The van der Waals surface area contributed by atoms with Gasteiger partial charge in [0.2, 0.25) is 5.78 Å². The first-order valence-corrected chi connectivity index (χ1v) is 10.0. The summed E-state index contributed by atoms with van der Waals surface area (Å²) in [6.07, 6.45) is -1.32. The maximum atomic E-state index is 12.2. The predicted octanol–water partition coefficient (Wildman–Crippen LogP) is 3.63. The van der Waals surface area contributed by atoms with Gasteiger partial charge < -0.3 is 4.74 Å². The van der Waals surface area contributed by atoms with Gasteiger partial charge in [0.25, 0.3) is 0 Å². The number of hydrogen-bond acceptors (Lipinski definition) is 5. The Balaban J connectivity index is 1.92. The van der Waals surface area contributed by atoms with E-state index in [4.69, 9.17) is 16.3 Å². The minimum absolute atomic E-state index is 0.0819. The van der Waals surface area contributed by atoms with Crippen LogP contribution in [0.25, 0.3) is 0 Å². The number of benzene rings is 2. The fraction of sp³-hybridized carbons (Fsp3) is 0.263. The van der Waals surface area contributed by atoms with Crippen LogP contribution in [-0.2, 0) is 19.4 Å².